The highest BCUT2D eigenvalue weighted by atomic mass is 16.5. The zero-order valence-corrected chi connectivity index (χ0v) is 23.1. The van der Waals surface area contributed by atoms with Gasteiger partial charge in [0.25, 0.3) is 0 Å². The fourth-order valence-corrected chi connectivity index (χ4v) is 5.92. The minimum Gasteiger partial charge on any atom is -0.494 e. The number of hydrogen-bond acceptors (Lipinski definition) is 7. The molecule has 3 aromatic rings. The summed E-state index contributed by atoms with van der Waals surface area (Å²) < 4.78 is 18.6. The molecular weight excluding hydrogens is 512 g/mol. The first-order valence-electron chi connectivity index (χ1n) is 13.9. The van der Waals surface area contributed by atoms with Crippen LogP contribution in [0.4, 0.5) is 0 Å². The second-order valence-corrected chi connectivity index (χ2v) is 10.8. The van der Waals surface area contributed by atoms with Crippen LogP contribution < -0.4 is 14.2 Å². The van der Waals surface area contributed by atoms with Gasteiger partial charge in [0.1, 0.15) is 12.4 Å². The van der Waals surface area contributed by atoms with Gasteiger partial charge in [-0.15, -0.1) is 0 Å². The molecule has 1 saturated carbocycles. The molecular formula is C31H38N2O7. The van der Waals surface area contributed by atoms with Gasteiger partial charge in [0.15, 0.2) is 23.3 Å². The Morgan fingerprint density at radius 3 is 2.62 bits per heavy atom. The molecule has 1 aromatic heterocycles. The van der Waals surface area contributed by atoms with E-state index in [0.29, 0.717) is 30.4 Å². The summed E-state index contributed by atoms with van der Waals surface area (Å²) in [5.74, 6) is 1.48. The van der Waals surface area contributed by atoms with Gasteiger partial charge in [-0.05, 0) is 67.0 Å². The number of carbonyl (C=O) groups is 1. The molecule has 3 N–H and O–H groups in total. The molecule has 2 aromatic carbocycles. The highest BCUT2D eigenvalue weighted by Gasteiger charge is 2.32. The molecule has 1 fully saturated rings. The van der Waals surface area contributed by atoms with Crippen molar-refractivity contribution in [3.63, 3.8) is 0 Å². The van der Waals surface area contributed by atoms with E-state index in [1.807, 2.05) is 18.2 Å². The van der Waals surface area contributed by atoms with Crippen molar-refractivity contribution in [2.45, 2.75) is 51.7 Å². The Balaban J connectivity index is 1.31. The maximum Gasteiger partial charge on any atom is 0.306 e. The molecule has 1 aliphatic heterocycles. The van der Waals surface area contributed by atoms with Crippen molar-refractivity contribution in [3.8, 4) is 29.0 Å². The second kappa shape index (κ2) is 12.1. The van der Waals surface area contributed by atoms with Gasteiger partial charge in [-0.25, -0.2) is 0 Å². The quantitative estimate of drug-likeness (QED) is 0.289. The fourth-order valence-electron chi connectivity index (χ4n) is 5.92. The van der Waals surface area contributed by atoms with Gasteiger partial charge in [-0.1, -0.05) is 18.2 Å². The molecule has 2 heterocycles. The van der Waals surface area contributed by atoms with Gasteiger partial charge < -0.3 is 29.5 Å². The summed E-state index contributed by atoms with van der Waals surface area (Å²) in [7, 11) is 1.60. The molecule has 0 bridgehead atoms. The van der Waals surface area contributed by atoms with Gasteiger partial charge in [-0.2, -0.15) is 0 Å². The first-order chi connectivity index (χ1) is 19.3. The zero-order chi connectivity index (χ0) is 28.2. The third-order valence-corrected chi connectivity index (χ3v) is 8.25. The van der Waals surface area contributed by atoms with Crippen LogP contribution in [0, 0.1) is 11.8 Å². The summed E-state index contributed by atoms with van der Waals surface area (Å²) in [6.07, 6.45) is 3.28. The first-order valence-corrected chi connectivity index (χ1v) is 13.9. The lowest BCUT2D eigenvalue weighted by molar-refractivity contribution is -0.141. The van der Waals surface area contributed by atoms with Crippen LogP contribution in [0.15, 0.2) is 48.5 Å². The van der Waals surface area contributed by atoms with Gasteiger partial charge in [0.05, 0.1) is 26.2 Å². The van der Waals surface area contributed by atoms with Gasteiger partial charge >= 0.3 is 5.97 Å². The Kier molecular flexibility index (Phi) is 8.40. The number of hydrogen-bond donors (Lipinski definition) is 3. The van der Waals surface area contributed by atoms with E-state index in [1.54, 1.807) is 7.11 Å². The summed E-state index contributed by atoms with van der Waals surface area (Å²) in [5, 5.41) is 29.2. The Hall–Kier alpha value is -3.85. The molecule has 0 radical (unpaired) electrons. The number of rotatable bonds is 12. The predicted molar refractivity (Wildman–Crippen MR) is 149 cm³/mol. The second-order valence-electron chi connectivity index (χ2n) is 10.8. The van der Waals surface area contributed by atoms with Crippen molar-refractivity contribution in [2.75, 3.05) is 26.9 Å². The highest BCUT2D eigenvalue weighted by molar-refractivity contribution is 5.70. The normalized spacial score (nSPS) is 18.9. The van der Waals surface area contributed by atoms with Crippen molar-refractivity contribution in [2.24, 2.45) is 11.8 Å². The van der Waals surface area contributed by atoms with Crippen LogP contribution in [0.3, 0.4) is 0 Å². The minimum atomic E-state index is -0.691. The average molecular weight is 551 g/mol. The van der Waals surface area contributed by atoms with E-state index in [4.69, 9.17) is 14.2 Å². The van der Waals surface area contributed by atoms with Crippen LogP contribution in [0.25, 0.3) is 0 Å². The van der Waals surface area contributed by atoms with Crippen molar-refractivity contribution < 1.29 is 34.3 Å². The van der Waals surface area contributed by atoms with Gasteiger partial charge in [-0.3, -0.25) is 14.3 Å². The van der Waals surface area contributed by atoms with E-state index in [0.717, 1.165) is 43.7 Å². The number of carboxylic acid groups (broad SMARTS) is 1. The fraction of sp³-hybridized carbons (Fsp3) is 0.452. The highest BCUT2D eigenvalue weighted by Crippen LogP contribution is 2.37. The molecule has 9 nitrogen and oxygen atoms in total. The summed E-state index contributed by atoms with van der Waals surface area (Å²) in [6, 6.07) is 15.3. The number of aromatic nitrogens is 1. The summed E-state index contributed by atoms with van der Waals surface area (Å²) in [4.78, 5) is 14.0. The molecule has 2 aliphatic rings. The van der Waals surface area contributed by atoms with E-state index in [1.165, 1.54) is 27.8 Å². The molecule has 0 saturated heterocycles. The Morgan fingerprint density at radius 2 is 1.90 bits per heavy atom. The van der Waals surface area contributed by atoms with Gasteiger partial charge in [0, 0.05) is 37.7 Å². The summed E-state index contributed by atoms with van der Waals surface area (Å²) >= 11 is 0. The van der Waals surface area contributed by atoms with Crippen LogP contribution in [-0.2, 0) is 24.3 Å². The van der Waals surface area contributed by atoms with Crippen LogP contribution in [0.5, 0.6) is 29.0 Å². The topological polar surface area (TPSA) is 114 Å². The largest absolute Gasteiger partial charge is 0.494 e. The minimum absolute atomic E-state index is 0.0227. The number of aromatic hydroxyl groups is 2. The molecule has 9 heteroatoms. The van der Waals surface area contributed by atoms with Crippen molar-refractivity contribution in [3.05, 3.63) is 65.2 Å². The van der Waals surface area contributed by atoms with Gasteiger partial charge in [0.2, 0.25) is 0 Å². The molecule has 3 atom stereocenters. The third-order valence-electron chi connectivity index (χ3n) is 8.25. The van der Waals surface area contributed by atoms with Crippen LogP contribution in [0.2, 0.25) is 0 Å². The molecule has 5 rings (SSSR count). The Labute approximate surface area is 234 Å². The third kappa shape index (κ3) is 6.14. The number of ether oxygens (including phenoxy) is 3. The number of benzene rings is 2. The number of methoxy groups -OCH3 is 1. The monoisotopic (exact) mass is 550 g/mol. The first kappa shape index (κ1) is 27.7. The van der Waals surface area contributed by atoms with Crippen LogP contribution in [-0.4, -0.2) is 57.6 Å². The number of carboxylic acids is 1. The smallest absolute Gasteiger partial charge is 0.306 e. The van der Waals surface area contributed by atoms with E-state index < -0.39 is 5.97 Å². The number of nitrogens with zero attached hydrogens (tertiary/aromatic N) is 2. The zero-order valence-electron chi connectivity index (χ0n) is 23.1. The molecule has 0 unspecified atom stereocenters. The standard InChI is InChI=1S/C31H38N2O7/c1-20(23-6-8-26-24(17-23)11-13-39-26)32(18-21-3-5-25(15-21)31(36)37)19-22-4-7-27(28(16-22)38-2)40-14-12-33-29(34)9-10-30(33)35/h4,6-10,16-17,20-21,25,34-35H,3,5,11-15,18-19H2,1-2H3,(H,36,37)/t20-,21+,25-/m1/s1. The van der Waals surface area contributed by atoms with Crippen molar-refractivity contribution >= 4 is 5.97 Å². The van der Waals surface area contributed by atoms with Crippen molar-refractivity contribution in [1.82, 2.24) is 9.47 Å². The van der Waals surface area contributed by atoms with E-state index in [-0.39, 0.29) is 36.9 Å². The molecule has 1 aliphatic carbocycles. The SMILES string of the molecule is COc1cc(CN(C[C@H]2CC[C@@H](C(=O)O)C2)[C@H](C)c2ccc3c(c2)CCO3)ccc1OCCn1c(O)ccc1O. The summed E-state index contributed by atoms with van der Waals surface area (Å²) in [5.41, 5.74) is 3.52. The maximum atomic E-state index is 11.6. The molecule has 0 amide bonds. The van der Waals surface area contributed by atoms with E-state index in [2.05, 4.69) is 30.0 Å². The summed E-state index contributed by atoms with van der Waals surface area (Å²) in [6.45, 7) is 4.93. The lowest BCUT2D eigenvalue weighted by atomic mass is 9.99. The maximum absolute atomic E-state index is 11.6. The van der Waals surface area contributed by atoms with Crippen LogP contribution >= 0.6 is 0 Å². The Bertz CT molecular complexity index is 1320. The van der Waals surface area contributed by atoms with Crippen LogP contribution in [0.1, 0.15) is 48.9 Å². The number of aliphatic carboxylic acids is 1. The lowest BCUT2D eigenvalue weighted by Gasteiger charge is -2.32. The predicted octanol–water partition coefficient (Wildman–Crippen LogP) is 4.99. The molecule has 40 heavy (non-hydrogen) atoms. The van der Waals surface area contributed by atoms with E-state index in [9.17, 15) is 20.1 Å². The molecule has 0 spiro atoms. The number of fused-ring (bicyclic) bond motifs is 1. The van der Waals surface area contributed by atoms with Crippen molar-refractivity contribution in [1.29, 1.82) is 0 Å². The lowest BCUT2D eigenvalue weighted by Crippen LogP contribution is -2.31. The molecule has 214 valence electrons. The Morgan fingerprint density at radius 1 is 1.10 bits per heavy atom. The average Bonchev–Trinajstić information content (AvgIpc) is 3.69. The van der Waals surface area contributed by atoms with E-state index >= 15 is 0 Å².